The lowest BCUT2D eigenvalue weighted by Crippen LogP contribution is -2.31. The number of nitrogens with zero attached hydrogens (tertiary/aromatic N) is 5. The van der Waals surface area contributed by atoms with Crippen molar-refractivity contribution in [1.82, 2.24) is 30.0 Å². The number of pyridine rings is 2. The van der Waals surface area contributed by atoms with Crippen molar-refractivity contribution in [2.45, 2.75) is 19.2 Å². The quantitative estimate of drug-likeness (QED) is 0.228. The highest BCUT2D eigenvalue weighted by atomic mass is 16.6. The SMILES string of the molecule is COc1cnc2ccc(=O)n(CCN3C[C@H](CNCc4cc5c(nn4)OCCO5)[C@H](O)C3)c2c1.O=C(O)/C=C/C(=O)O. The van der Waals surface area contributed by atoms with Gasteiger partial charge in [-0.25, -0.2) is 9.59 Å². The van der Waals surface area contributed by atoms with Crippen molar-refractivity contribution in [3.05, 3.63) is 58.7 Å². The Hall–Kier alpha value is -4.60. The van der Waals surface area contributed by atoms with Gasteiger partial charge in [0.1, 0.15) is 19.0 Å². The summed E-state index contributed by atoms with van der Waals surface area (Å²) >= 11 is 0. The molecule has 0 spiro atoms. The van der Waals surface area contributed by atoms with Gasteiger partial charge in [0.2, 0.25) is 0 Å². The molecule has 5 rings (SSSR count). The fraction of sp³-hybridized carbons (Fsp3) is 0.407. The summed E-state index contributed by atoms with van der Waals surface area (Å²) in [4.78, 5) is 38.2. The van der Waals surface area contributed by atoms with Crippen molar-refractivity contribution in [3.8, 4) is 17.4 Å². The van der Waals surface area contributed by atoms with E-state index in [9.17, 15) is 19.5 Å². The number of nitrogens with one attached hydrogen (secondary N) is 1. The Bertz CT molecular complexity index is 1480. The van der Waals surface area contributed by atoms with Crippen molar-refractivity contribution >= 4 is 23.0 Å². The molecule has 1 fully saturated rings. The maximum absolute atomic E-state index is 12.5. The van der Waals surface area contributed by atoms with Gasteiger partial charge in [-0.1, -0.05) is 0 Å². The van der Waals surface area contributed by atoms with Crippen LogP contribution in [-0.4, -0.2) is 105 Å². The van der Waals surface area contributed by atoms with E-state index in [0.29, 0.717) is 75.5 Å². The average Bonchev–Trinajstić information content (AvgIpc) is 3.34. The molecule has 0 bridgehead atoms. The van der Waals surface area contributed by atoms with E-state index < -0.39 is 18.0 Å². The molecule has 224 valence electrons. The zero-order chi connectivity index (χ0) is 30.1. The first-order valence-electron chi connectivity index (χ1n) is 13.1. The van der Waals surface area contributed by atoms with E-state index in [1.807, 2.05) is 12.1 Å². The molecule has 0 aromatic carbocycles. The normalized spacial score (nSPS) is 18.0. The number of fused-ring (bicyclic) bond motifs is 2. The lowest BCUT2D eigenvalue weighted by atomic mass is 10.1. The molecule has 0 amide bonds. The van der Waals surface area contributed by atoms with E-state index >= 15 is 0 Å². The van der Waals surface area contributed by atoms with Crippen molar-refractivity contribution < 1.29 is 39.1 Å². The van der Waals surface area contributed by atoms with Gasteiger partial charge in [0.25, 0.3) is 11.4 Å². The van der Waals surface area contributed by atoms with Crippen LogP contribution in [0.5, 0.6) is 17.4 Å². The number of carbonyl (C=O) groups is 2. The molecule has 3 aromatic rings. The number of β-amino-alcohol motifs (C(OH)–C–C–N with tert-alkyl or cyclic N) is 1. The molecular formula is C27H32N6O9. The summed E-state index contributed by atoms with van der Waals surface area (Å²) in [6, 6.07) is 6.92. The molecule has 15 heteroatoms. The number of likely N-dealkylation sites (tertiary alicyclic amines) is 1. The third-order valence-corrected chi connectivity index (χ3v) is 6.61. The second-order valence-corrected chi connectivity index (χ2v) is 9.53. The van der Waals surface area contributed by atoms with Gasteiger partial charge >= 0.3 is 11.9 Å². The molecule has 4 N–H and O–H groups in total. The summed E-state index contributed by atoms with van der Waals surface area (Å²) in [6.07, 6.45) is 2.32. The van der Waals surface area contributed by atoms with Crippen LogP contribution in [0.3, 0.4) is 0 Å². The molecule has 0 saturated carbocycles. The smallest absolute Gasteiger partial charge is 0.328 e. The van der Waals surface area contributed by atoms with Crippen molar-refractivity contribution in [1.29, 1.82) is 0 Å². The topological polar surface area (TPSA) is 198 Å². The van der Waals surface area contributed by atoms with Gasteiger partial charge in [-0.05, 0) is 6.07 Å². The summed E-state index contributed by atoms with van der Waals surface area (Å²) in [5.41, 5.74) is 2.16. The molecule has 0 radical (unpaired) electrons. The van der Waals surface area contributed by atoms with Crippen LogP contribution in [0.25, 0.3) is 11.0 Å². The second-order valence-electron chi connectivity index (χ2n) is 9.53. The first kappa shape index (κ1) is 30.4. The molecule has 0 unspecified atom stereocenters. The summed E-state index contributed by atoms with van der Waals surface area (Å²) in [5.74, 6) is -0.786. The summed E-state index contributed by atoms with van der Waals surface area (Å²) in [7, 11) is 1.58. The van der Waals surface area contributed by atoms with Gasteiger partial charge in [-0.15, -0.1) is 5.10 Å². The number of aromatic nitrogens is 4. The molecule has 2 aliphatic rings. The van der Waals surface area contributed by atoms with Crippen LogP contribution in [0, 0.1) is 5.92 Å². The predicted octanol–water partition coefficient (Wildman–Crippen LogP) is -0.239. The number of hydrogen-bond acceptors (Lipinski definition) is 12. The van der Waals surface area contributed by atoms with Gasteiger partial charge in [-0.3, -0.25) is 14.7 Å². The number of methoxy groups -OCH3 is 1. The zero-order valence-corrected chi connectivity index (χ0v) is 22.9. The Morgan fingerprint density at radius 2 is 1.86 bits per heavy atom. The van der Waals surface area contributed by atoms with Crippen LogP contribution < -0.4 is 25.1 Å². The molecular weight excluding hydrogens is 552 g/mol. The highest BCUT2D eigenvalue weighted by Crippen LogP contribution is 2.26. The third-order valence-electron chi connectivity index (χ3n) is 6.61. The Morgan fingerprint density at radius 3 is 2.60 bits per heavy atom. The predicted molar refractivity (Wildman–Crippen MR) is 148 cm³/mol. The number of aliphatic hydroxyl groups is 1. The molecule has 2 aliphatic heterocycles. The van der Waals surface area contributed by atoms with Crippen LogP contribution in [0.15, 0.2) is 47.4 Å². The molecule has 3 aromatic heterocycles. The number of carboxylic acids is 2. The van der Waals surface area contributed by atoms with Crippen LogP contribution in [-0.2, 0) is 22.7 Å². The second kappa shape index (κ2) is 14.3. The lowest BCUT2D eigenvalue weighted by molar-refractivity contribution is -0.134. The summed E-state index contributed by atoms with van der Waals surface area (Å²) < 4.78 is 17.9. The van der Waals surface area contributed by atoms with Crippen LogP contribution in [0.1, 0.15) is 5.69 Å². The van der Waals surface area contributed by atoms with Crippen molar-refractivity contribution in [2.75, 3.05) is 46.5 Å². The minimum absolute atomic E-state index is 0.0798. The zero-order valence-electron chi connectivity index (χ0n) is 22.9. The number of carboxylic acid groups (broad SMARTS) is 2. The largest absolute Gasteiger partial charge is 0.495 e. The lowest BCUT2D eigenvalue weighted by Gasteiger charge is -2.18. The van der Waals surface area contributed by atoms with Crippen LogP contribution >= 0.6 is 0 Å². The van der Waals surface area contributed by atoms with Crippen molar-refractivity contribution in [2.24, 2.45) is 5.92 Å². The van der Waals surface area contributed by atoms with Gasteiger partial charge in [0.15, 0.2) is 5.75 Å². The van der Waals surface area contributed by atoms with E-state index in [-0.39, 0.29) is 11.5 Å². The highest BCUT2D eigenvalue weighted by Gasteiger charge is 2.30. The fourth-order valence-corrected chi connectivity index (χ4v) is 4.57. The van der Waals surface area contributed by atoms with E-state index in [2.05, 4.69) is 25.4 Å². The number of hydrogen-bond donors (Lipinski definition) is 4. The first-order chi connectivity index (χ1) is 20.2. The Labute approximate surface area is 240 Å². The van der Waals surface area contributed by atoms with Gasteiger partial charge < -0.3 is 39.4 Å². The third kappa shape index (κ3) is 8.22. The maximum atomic E-state index is 12.5. The fourth-order valence-electron chi connectivity index (χ4n) is 4.57. The molecule has 2 atom stereocenters. The summed E-state index contributed by atoms with van der Waals surface area (Å²) in [5, 5.41) is 37.8. The summed E-state index contributed by atoms with van der Waals surface area (Å²) in [6.45, 7) is 4.61. The number of aliphatic carboxylic acids is 2. The Morgan fingerprint density at radius 1 is 1.10 bits per heavy atom. The molecule has 5 heterocycles. The van der Waals surface area contributed by atoms with Crippen molar-refractivity contribution in [3.63, 3.8) is 0 Å². The van der Waals surface area contributed by atoms with E-state index in [1.165, 1.54) is 6.07 Å². The van der Waals surface area contributed by atoms with E-state index in [1.54, 1.807) is 23.9 Å². The first-order valence-corrected chi connectivity index (χ1v) is 13.1. The molecule has 15 nitrogen and oxygen atoms in total. The monoisotopic (exact) mass is 584 g/mol. The van der Waals surface area contributed by atoms with E-state index in [0.717, 1.165) is 23.3 Å². The Balaban J connectivity index is 0.000000446. The van der Waals surface area contributed by atoms with E-state index in [4.69, 9.17) is 24.4 Å². The highest BCUT2D eigenvalue weighted by molar-refractivity contribution is 5.89. The van der Waals surface area contributed by atoms with Gasteiger partial charge in [-0.2, -0.15) is 5.10 Å². The standard InChI is InChI=1S/C23H28N6O5.C4H4O4/c1-32-17-9-19-18(25-12-17)2-3-22(31)29(19)5-4-28-13-15(20(30)14-28)10-24-11-16-8-21-23(27-26-16)34-7-6-33-21;5-3(6)1-2-4(7)8/h2-3,8-9,12,15,20,24,30H,4-7,10-11,13-14H2,1H3;1-2H,(H,5,6)(H,7,8)/b;2-1+/t15-,20+;/m0./s1. The molecule has 0 aliphatic carbocycles. The van der Waals surface area contributed by atoms with Gasteiger partial charge in [0, 0.05) is 75.5 Å². The average molecular weight is 585 g/mol. The molecule has 42 heavy (non-hydrogen) atoms. The number of rotatable bonds is 10. The minimum atomic E-state index is -1.26. The number of aliphatic hydroxyl groups excluding tert-OH is 1. The maximum Gasteiger partial charge on any atom is 0.328 e. The Kier molecular flexibility index (Phi) is 10.4. The van der Waals surface area contributed by atoms with Gasteiger partial charge in [0.05, 0.1) is 36.1 Å². The van der Waals surface area contributed by atoms with Crippen LogP contribution in [0.2, 0.25) is 0 Å². The number of ether oxygens (including phenoxy) is 3. The molecule has 1 saturated heterocycles. The minimum Gasteiger partial charge on any atom is -0.495 e. The van der Waals surface area contributed by atoms with Crippen LogP contribution in [0.4, 0.5) is 0 Å².